The molecule has 0 aliphatic heterocycles. The second-order valence-corrected chi connectivity index (χ2v) is 6.88. The second kappa shape index (κ2) is 9.50. The van der Waals surface area contributed by atoms with Gasteiger partial charge in [-0.2, -0.15) is 0 Å². The summed E-state index contributed by atoms with van der Waals surface area (Å²) in [5.74, 6) is 0. The molecule has 3 nitrogen and oxygen atoms in total. The first-order chi connectivity index (χ1) is 9.54. The highest BCUT2D eigenvalue weighted by molar-refractivity contribution is 7.11. The molecular formula is C16H30N2OS. The highest BCUT2D eigenvalue weighted by Crippen LogP contribution is 2.17. The Balaban J connectivity index is 2.25. The van der Waals surface area contributed by atoms with E-state index in [1.165, 1.54) is 9.75 Å². The molecule has 0 amide bonds. The van der Waals surface area contributed by atoms with Crippen molar-refractivity contribution < 1.29 is 4.74 Å². The molecule has 1 N–H and O–H groups in total. The lowest BCUT2D eigenvalue weighted by Gasteiger charge is -2.30. The molecule has 116 valence electrons. The van der Waals surface area contributed by atoms with E-state index in [9.17, 15) is 0 Å². The average molecular weight is 298 g/mol. The molecule has 0 aliphatic carbocycles. The zero-order chi connectivity index (χ0) is 15.0. The maximum absolute atomic E-state index is 5.82. The van der Waals surface area contributed by atoms with Crippen molar-refractivity contribution in [3.05, 3.63) is 21.9 Å². The Bertz CT molecular complexity index is 355. The predicted molar refractivity (Wildman–Crippen MR) is 88.3 cm³/mol. The minimum atomic E-state index is 0.576. The number of rotatable bonds is 10. The number of hydrogen-bond acceptors (Lipinski definition) is 4. The van der Waals surface area contributed by atoms with Crippen LogP contribution in [0.25, 0.3) is 0 Å². The number of thiophene rings is 1. The summed E-state index contributed by atoms with van der Waals surface area (Å²) in [5.41, 5.74) is 0. The molecular weight excluding hydrogens is 268 g/mol. The van der Waals surface area contributed by atoms with Gasteiger partial charge in [-0.25, -0.2) is 0 Å². The monoisotopic (exact) mass is 298 g/mol. The van der Waals surface area contributed by atoms with Crippen LogP contribution in [-0.2, 0) is 17.9 Å². The Morgan fingerprint density at radius 2 is 1.80 bits per heavy atom. The molecule has 0 bridgehead atoms. The summed E-state index contributed by atoms with van der Waals surface area (Å²) in [7, 11) is 0. The number of hydrogen-bond donors (Lipinski definition) is 1. The lowest BCUT2D eigenvalue weighted by Crippen LogP contribution is -2.39. The van der Waals surface area contributed by atoms with Crippen molar-refractivity contribution in [2.75, 3.05) is 19.7 Å². The Morgan fingerprint density at radius 1 is 1.15 bits per heavy atom. The molecule has 1 rings (SSSR count). The van der Waals surface area contributed by atoms with Crippen LogP contribution < -0.4 is 5.32 Å². The highest BCUT2D eigenvalue weighted by atomic mass is 32.1. The Hall–Kier alpha value is -0.420. The fourth-order valence-corrected chi connectivity index (χ4v) is 3.22. The summed E-state index contributed by atoms with van der Waals surface area (Å²) >= 11 is 1.84. The van der Waals surface area contributed by atoms with Gasteiger partial charge in [-0.1, -0.05) is 6.92 Å². The van der Waals surface area contributed by atoms with Crippen molar-refractivity contribution in [2.45, 2.75) is 59.9 Å². The normalized spacial score (nSPS) is 12.0. The summed E-state index contributed by atoms with van der Waals surface area (Å²) in [4.78, 5) is 5.17. The Kier molecular flexibility index (Phi) is 8.38. The van der Waals surface area contributed by atoms with Gasteiger partial charge in [0, 0.05) is 34.9 Å². The van der Waals surface area contributed by atoms with E-state index in [4.69, 9.17) is 4.74 Å². The van der Waals surface area contributed by atoms with Gasteiger partial charge in [0.2, 0.25) is 0 Å². The molecule has 20 heavy (non-hydrogen) atoms. The van der Waals surface area contributed by atoms with E-state index in [0.717, 1.165) is 32.8 Å². The van der Waals surface area contributed by atoms with E-state index < -0.39 is 0 Å². The van der Waals surface area contributed by atoms with Crippen LogP contribution in [0.15, 0.2) is 12.1 Å². The Labute approximate surface area is 128 Å². The van der Waals surface area contributed by atoms with Crippen LogP contribution in [0.4, 0.5) is 0 Å². The summed E-state index contributed by atoms with van der Waals surface area (Å²) in [5, 5.41) is 3.35. The van der Waals surface area contributed by atoms with Crippen molar-refractivity contribution >= 4 is 11.3 Å². The number of ether oxygens (including phenoxy) is 1. The molecule has 0 radical (unpaired) electrons. The molecule has 1 aromatic rings. The maximum Gasteiger partial charge on any atom is 0.0810 e. The molecule has 0 aliphatic rings. The van der Waals surface area contributed by atoms with Crippen LogP contribution in [0.5, 0.6) is 0 Å². The topological polar surface area (TPSA) is 24.5 Å². The quantitative estimate of drug-likeness (QED) is 0.669. The van der Waals surface area contributed by atoms with Gasteiger partial charge < -0.3 is 10.1 Å². The summed E-state index contributed by atoms with van der Waals surface area (Å²) in [6.07, 6.45) is 0. The molecule has 0 spiro atoms. The van der Waals surface area contributed by atoms with Crippen molar-refractivity contribution in [2.24, 2.45) is 0 Å². The largest absolute Gasteiger partial charge is 0.375 e. The lowest BCUT2D eigenvalue weighted by molar-refractivity contribution is 0.0711. The molecule has 0 unspecified atom stereocenters. The van der Waals surface area contributed by atoms with Crippen LogP contribution in [0, 0.1) is 0 Å². The first-order valence-corrected chi connectivity index (χ1v) is 8.48. The summed E-state index contributed by atoms with van der Waals surface area (Å²) in [6, 6.07) is 5.53. The molecule has 0 atom stereocenters. The van der Waals surface area contributed by atoms with E-state index in [2.05, 4.69) is 57.0 Å². The van der Waals surface area contributed by atoms with Crippen LogP contribution in [0.3, 0.4) is 0 Å². The molecule has 4 heteroatoms. The smallest absolute Gasteiger partial charge is 0.0810 e. The molecule has 0 fully saturated rings. The third kappa shape index (κ3) is 6.35. The second-order valence-electron chi connectivity index (χ2n) is 5.63. The molecule has 0 saturated carbocycles. The molecule has 0 saturated heterocycles. The van der Waals surface area contributed by atoms with Gasteiger partial charge in [0.1, 0.15) is 0 Å². The zero-order valence-electron chi connectivity index (χ0n) is 13.6. The van der Waals surface area contributed by atoms with Crippen molar-refractivity contribution in [1.82, 2.24) is 10.2 Å². The van der Waals surface area contributed by atoms with Crippen molar-refractivity contribution in [1.29, 1.82) is 0 Å². The summed E-state index contributed by atoms with van der Waals surface area (Å²) in [6.45, 7) is 15.6. The van der Waals surface area contributed by atoms with Crippen LogP contribution in [0.2, 0.25) is 0 Å². The minimum Gasteiger partial charge on any atom is -0.375 e. The average Bonchev–Trinajstić information content (AvgIpc) is 2.83. The molecule has 0 aromatic carbocycles. The van der Waals surface area contributed by atoms with Crippen LogP contribution in [-0.4, -0.2) is 36.7 Å². The van der Waals surface area contributed by atoms with E-state index in [0.29, 0.717) is 12.1 Å². The van der Waals surface area contributed by atoms with Crippen molar-refractivity contribution in [3.8, 4) is 0 Å². The van der Waals surface area contributed by atoms with Gasteiger partial charge in [-0.3, -0.25) is 4.90 Å². The standard InChI is InChI=1S/C16H30N2OS/c1-6-17-11-15-7-8-16(20-15)12-19-10-9-18(13(2)3)14(4)5/h7-8,13-14,17H,6,9-12H2,1-5H3. The van der Waals surface area contributed by atoms with Crippen LogP contribution >= 0.6 is 11.3 Å². The van der Waals surface area contributed by atoms with Gasteiger partial charge in [-0.05, 0) is 46.4 Å². The molecule has 1 heterocycles. The van der Waals surface area contributed by atoms with Gasteiger partial charge in [0.15, 0.2) is 0 Å². The Morgan fingerprint density at radius 3 is 2.40 bits per heavy atom. The summed E-state index contributed by atoms with van der Waals surface area (Å²) < 4.78 is 5.82. The zero-order valence-corrected chi connectivity index (χ0v) is 14.4. The number of nitrogens with one attached hydrogen (secondary N) is 1. The van der Waals surface area contributed by atoms with Gasteiger partial charge in [0.05, 0.1) is 13.2 Å². The van der Waals surface area contributed by atoms with E-state index >= 15 is 0 Å². The number of nitrogens with zero attached hydrogens (tertiary/aromatic N) is 1. The van der Waals surface area contributed by atoms with Crippen molar-refractivity contribution in [3.63, 3.8) is 0 Å². The SMILES string of the molecule is CCNCc1ccc(COCCN(C(C)C)C(C)C)s1. The van der Waals surface area contributed by atoms with Gasteiger partial charge in [-0.15, -0.1) is 11.3 Å². The van der Waals surface area contributed by atoms with Crippen LogP contribution in [0.1, 0.15) is 44.4 Å². The maximum atomic E-state index is 5.82. The fourth-order valence-electron chi connectivity index (χ4n) is 2.30. The molecule has 1 aromatic heterocycles. The lowest BCUT2D eigenvalue weighted by atomic mass is 10.2. The van der Waals surface area contributed by atoms with E-state index in [1.807, 2.05) is 11.3 Å². The third-order valence-corrected chi connectivity index (χ3v) is 4.39. The van der Waals surface area contributed by atoms with Gasteiger partial charge >= 0.3 is 0 Å². The predicted octanol–water partition coefficient (Wildman–Crippen LogP) is 3.49. The highest BCUT2D eigenvalue weighted by Gasteiger charge is 2.12. The van der Waals surface area contributed by atoms with E-state index in [1.54, 1.807) is 0 Å². The first-order valence-electron chi connectivity index (χ1n) is 7.66. The minimum absolute atomic E-state index is 0.576. The third-order valence-electron chi connectivity index (χ3n) is 3.33. The van der Waals surface area contributed by atoms with Gasteiger partial charge in [0.25, 0.3) is 0 Å². The first kappa shape index (κ1) is 17.6. The fraction of sp³-hybridized carbons (Fsp3) is 0.750. The van der Waals surface area contributed by atoms with E-state index in [-0.39, 0.29) is 0 Å².